The molecule has 1 amide bonds. The molecular weight excluding hydrogens is 414 g/mol. The van der Waals surface area contributed by atoms with Crippen LogP contribution in [0.3, 0.4) is 0 Å². The molecule has 0 aromatic carbocycles. The number of hydrogen-bond donors (Lipinski definition) is 2. The van der Waals surface area contributed by atoms with Crippen molar-refractivity contribution in [3.05, 3.63) is 47.7 Å². The molecule has 0 spiro atoms. The molecule has 1 saturated heterocycles. The molecule has 0 radical (unpaired) electrons. The Hall–Kier alpha value is -3.26. The van der Waals surface area contributed by atoms with Gasteiger partial charge < -0.3 is 10.3 Å². The lowest BCUT2D eigenvalue weighted by molar-refractivity contribution is -0.122. The van der Waals surface area contributed by atoms with Gasteiger partial charge in [-0.2, -0.15) is 5.10 Å². The molecule has 4 aromatic rings. The van der Waals surface area contributed by atoms with Crippen molar-refractivity contribution in [3.8, 4) is 11.3 Å². The first-order valence-electron chi connectivity index (χ1n) is 11.7. The fraction of sp³-hybridized carbons (Fsp3) is 0.440. The summed E-state index contributed by atoms with van der Waals surface area (Å²) in [6.45, 7) is 8.87. The number of pyridine rings is 2. The van der Waals surface area contributed by atoms with Gasteiger partial charge in [0.15, 0.2) is 5.65 Å². The van der Waals surface area contributed by atoms with Crippen LogP contribution in [-0.2, 0) is 4.79 Å². The lowest BCUT2D eigenvalue weighted by Crippen LogP contribution is -2.40. The highest BCUT2D eigenvalue weighted by molar-refractivity contribution is 5.91. The molecule has 0 bridgehead atoms. The van der Waals surface area contributed by atoms with Crippen LogP contribution in [0.1, 0.15) is 55.3 Å². The van der Waals surface area contributed by atoms with Crippen molar-refractivity contribution in [2.75, 3.05) is 26.7 Å². The lowest BCUT2D eigenvalue weighted by atomic mass is 9.91. The fourth-order valence-electron chi connectivity index (χ4n) is 5.08. The number of aryl methyl sites for hydroxylation is 1. The molecule has 0 aliphatic carbocycles. The van der Waals surface area contributed by atoms with Gasteiger partial charge in [0.2, 0.25) is 5.91 Å². The number of nitrogens with one attached hydrogen (secondary N) is 2. The molecule has 0 atom stereocenters. The monoisotopic (exact) mass is 445 g/mol. The molecule has 1 aliphatic rings. The Labute approximate surface area is 193 Å². The van der Waals surface area contributed by atoms with E-state index in [9.17, 15) is 4.79 Å². The van der Waals surface area contributed by atoms with E-state index in [0.717, 1.165) is 59.6 Å². The van der Waals surface area contributed by atoms with Gasteiger partial charge in [-0.15, -0.1) is 0 Å². The average molecular weight is 446 g/mol. The van der Waals surface area contributed by atoms with Gasteiger partial charge in [-0.3, -0.25) is 14.7 Å². The number of likely N-dealkylation sites (tertiary alicyclic amines) is 1. The van der Waals surface area contributed by atoms with E-state index in [2.05, 4.69) is 58.2 Å². The van der Waals surface area contributed by atoms with Crippen LogP contribution in [0.5, 0.6) is 0 Å². The van der Waals surface area contributed by atoms with Crippen molar-refractivity contribution < 1.29 is 4.79 Å². The van der Waals surface area contributed by atoms with Gasteiger partial charge in [0, 0.05) is 35.8 Å². The SMILES string of the molecule is CNC(=O)CN1CCC(c2cc3c(C(C)C)c(-c4cc(C)c5ncnn5c4)[nH]c3cn2)CC1. The second-order valence-corrected chi connectivity index (χ2v) is 9.39. The maximum atomic E-state index is 11.7. The molecule has 8 nitrogen and oxygen atoms in total. The van der Waals surface area contributed by atoms with Crippen LogP contribution < -0.4 is 5.32 Å². The Morgan fingerprint density at radius 1 is 1.24 bits per heavy atom. The summed E-state index contributed by atoms with van der Waals surface area (Å²) in [6, 6.07) is 4.46. The quantitative estimate of drug-likeness (QED) is 0.490. The summed E-state index contributed by atoms with van der Waals surface area (Å²) in [5.74, 6) is 0.848. The molecule has 5 rings (SSSR count). The van der Waals surface area contributed by atoms with E-state index >= 15 is 0 Å². The van der Waals surface area contributed by atoms with E-state index in [0.29, 0.717) is 18.4 Å². The molecule has 5 heterocycles. The van der Waals surface area contributed by atoms with Crippen molar-refractivity contribution in [1.82, 2.24) is 34.8 Å². The van der Waals surface area contributed by atoms with E-state index in [4.69, 9.17) is 4.98 Å². The Balaban J connectivity index is 1.48. The predicted octanol–water partition coefficient (Wildman–Crippen LogP) is 3.63. The minimum atomic E-state index is 0.0775. The normalized spacial score (nSPS) is 15.7. The number of amides is 1. The first kappa shape index (κ1) is 21.6. The van der Waals surface area contributed by atoms with Gasteiger partial charge in [-0.05, 0) is 62.0 Å². The van der Waals surface area contributed by atoms with Crippen LogP contribution in [0.4, 0.5) is 0 Å². The van der Waals surface area contributed by atoms with Crippen molar-refractivity contribution in [2.45, 2.75) is 45.4 Å². The van der Waals surface area contributed by atoms with Gasteiger partial charge >= 0.3 is 0 Å². The van der Waals surface area contributed by atoms with Gasteiger partial charge in [0.05, 0.1) is 24.0 Å². The number of piperidine rings is 1. The molecular formula is C25H31N7O. The maximum Gasteiger partial charge on any atom is 0.233 e. The smallest absolute Gasteiger partial charge is 0.233 e. The number of fused-ring (bicyclic) bond motifs is 2. The predicted molar refractivity (Wildman–Crippen MR) is 129 cm³/mol. The minimum absolute atomic E-state index is 0.0775. The zero-order valence-electron chi connectivity index (χ0n) is 19.7. The first-order valence-corrected chi connectivity index (χ1v) is 11.7. The van der Waals surface area contributed by atoms with Crippen molar-refractivity contribution >= 4 is 22.5 Å². The molecule has 1 fully saturated rings. The largest absolute Gasteiger partial charge is 0.358 e. The number of aromatic nitrogens is 5. The van der Waals surface area contributed by atoms with E-state index in [1.807, 2.05) is 16.9 Å². The molecule has 0 unspecified atom stereocenters. The number of hydrogen-bond acceptors (Lipinski definition) is 5. The summed E-state index contributed by atoms with van der Waals surface area (Å²) in [4.78, 5) is 26.8. The number of carbonyl (C=O) groups is 1. The molecule has 172 valence electrons. The van der Waals surface area contributed by atoms with E-state index in [1.54, 1.807) is 13.4 Å². The summed E-state index contributed by atoms with van der Waals surface area (Å²) >= 11 is 0. The Morgan fingerprint density at radius 2 is 2.03 bits per heavy atom. The minimum Gasteiger partial charge on any atom is -0.358 e. The number of nitrogens with zero attached hydrogens (tertiary/aromatic N) is 5. The molecule has 8 heteroatoms. The van der Waals surface area contributed by atoms with Crippen LogP contribution in [0, 0.1) is 6.92 Å². The maximum absolute atomic E-state index is 11.7. The first-order chi connectivity index (χ1) is 15.9. The third-order valence-electron chi connectivity index (χ3n) is 6.82. The third-order valence-corrected chi connectivity index (χ3v) is 6.82. The van der Waals surface area contributed by atoms with Crippen molar-refractivity contribution in [3.63, 3.8) is 0 Å². The second kappa shape index (κ2) is 8.59. The molecule has 1 aliphatic heterocycles. The van der Waals surface area contributed by atoms with Crippen LogP contribution in [0.2, 0.25) is 0 Å². The van der Waals surface area contributed by atoms with Gasteiger partial charge in [-0.25, -0.2) is 9.50 Å². The Bertz CT molecular complexity index is 1310. The lowest BCUT2D eigenvalue weighted by Gasteiger charge is -2.31. The second-order valence-electron chi connectivity index (χ2n) is 9.39. The summed E-state index contributed by atoms with van der Waals surface area (Å²) in [5.41, 5.74) is 7.73. The summed E-state index contributed by atoms with van der Waals surface area (Å²) in [6.07, 6.45) is 7.66. The standard InChI is InChI=1S/C25H31N7O/c1-15(2)23-19-10-20(17-5-7-31(8-6-17)13-22(33)26-4)27-11-21(19)30-24(23)18-9-16(3)25-28-14-29-32(25)12-18/h9-12,14-15,17,30H,5-8,13H2,1-4H3,(H,26,33). The number of aromatic amines is 1. The topological polar surface area (TPSA) is 91.2 Å². The molecule has 4 aromatic heterocycles. The Kier molecular flexibility index (Phi) is 5.62. The average Bonchev–Trinajstić information content (AvgIpc) is 3.44. The fourth-order valence-corrected chi connectivity index (χ4v) is 5.08. The highest BCUT2D eigenvalue weighted by Crippen LogP contribution is 2.37. The molecule has 33 heavy (non-hydrogen) atoms. The molecule has 0 saturated carbocycles. The number of H-pyrrole nitrogens is 1. The van der Waals surface area contributed by atoms with Crippen LogP contribution in [-0.4, -0.2) is 62.1 Å². The number of carbonyl (C=O) groups excluding carboxylic acids is 1. The summed E-state index contributed by atoms with van der Waals surface area (Å²) in [5, 5.41) is 8.31. The van der Waals surface area contributed by atoms with Gasteiger partial charge in [-0.1, -0.05) is 13.8 Å². The molecule has 2 N–H and O–H groups in total. The van der Waals surface area contributed by atoms with E-state index in [-0.39, 0.29) is 5.91 Å². The highest BCUT2D eigenvalue weighted by Gasteiger charge is 2.24. The zero-order chi connectivity index (χ0) is 23.1. The zero-order valence-corrected chi connectivity index (χ0v) is 19.7. The number of rotatable bonds is 5. The van der Waals surface area contributed by atoms with Gasteiger partial charge in [0.25, 0.3) is 0 Å². The summed E-state index contributed by atoms with van der Waals surface area (Å²) in [7, 11) is 1.69. The number of likely N-dealkylation sites (N-methyl/N-ethyl adjacent to an activating group) is 1. The van der Waals surface area contributed by atoms with E-state index in [1.165, 1.54) is 10.9 Å². The highest BCUT2D eigenvalue weighted by atomic mass is 16.1. The van der Waals surface area contributed by atoms with Gasteiger partial charge in [0.1, 0.15) is 6.33 Å². The van der Waals surface area contributed by atoms with E-state index < -0.39 is 0 Å². The van der Waals surface area contributed by atoms with Crippen LogP contribution >= 0.6 is 0 Å². The van der Waals surface area contributed by atoms with Crippen molar-refractivity contribution in [2.24, 2.45) is 0 Å². The van der Waals surface area contributed by atoms with Crippen LogP contribution in [0.25, 0.3) is 27.8 Å². The van der Waals surface area contributed by atoms with Crippen molar-refractivity contribution in [1.29, 1.82) is 0 Å². The Morgan fingerprint density at radius 3 is 2.76 bits per heavy atom. The van der Waals surface area contributed by atoms with Crippen LogP contribution in [0.15, 0.2) is 30.9 Å². The summed E-state index contributed by atoms with van der Waals surface area (Å²) < 4.78 is 1.84. The third kappa shape index (κ3) is 3.99.